The van der Waals surface area contributed by atoms with E-state index in [4.69, 9.17) is 9.47 Å². The standard InChI is InChI=1S/C20H20BrN3O3/c1-12(13-7-8-17(26-2)18(10-13)27-3)23-20(25)16-11-22-24-19(16)14-5-4-6-15(21)9-14/h4-12H,1-3H3,(H,22,24)(H,23,25)/t12-/m0/s1. The van der Waals surface area contributed by atoms with Crippen LogP contribution in [0.5, 0.6) is 11.5 Å². The Bertz CT molecular complexity index is 955. The van der Waals surface area contributed by atoms with E-state index in [1.165, 1.54) is 6.20 Å². The van der Waals surface area contributed by atoms with Gasteiger partial charge in [-0.05, 0) is 36.8 Å². The van der Waals surface area contributed by atoms with Gasteiger partial charge in [0, 0.05) is 10.0 Å². The number of benzene rings is 2. The summed E-state index contributed by atoms with van der Waals surface area (Å²) in [6.07, 6.45) is 1.53. The van der Waals surface area contributed by atoms with Crippen LogP contribution in [0, 0.1) is 0 Å². The Morgan fingerprint density at radius 1 is 1.15 bits per heavy atom. The lowest BCUT2D eigenvalue weighted by Crippen LogP contribution is -2.26. The molecule has 6 nitrogen and oxygen atoms in total. The van der Waals surface area contributed by atoms with Crippen molar-refractivity contribution in [1.29, 1.82) is 0 Å². The highest BCUT2D eigenvalue weighted by molar-refractivity contribution is 9.10. The van der Waals surface area contributed by atoms with Gasteiger partial charge < -0.3 is 14.8 Å². The summed E-state index contributed by atoms with van der Waals surface area (Å²) in [7, 11) is 3.17. The zero-order chi connectivity index (χ0) is 19.4. The van der Waals surface area contributed by atoms with Gasteiger partial charge in [0.05, 0.1) is 37.7 Å². The molecule has 7 heteroatoms. The fourth-order valence-corrected chi connectivity index (χ4v) is 3.20. The molecule has 0 radical (unpaired) electrons. The number of halogens is 1. The number of amides is 1. The van der Waals surface area contributed by atoms with Gasteiger partial charge in [-0.25, -0.2) is 0 Å². The highest BCUT2D eigenvalue weighted by atomic mass is 79.9. The molecule has 2 aromatic carbocycles. The molecule has 140 valence electrons. The number of ether oxygens (including phenoxy) is 2. The molecule has 1 heterocycles. The minimum absolute atomic E-state index is 0.207. The van der Waals surface area contributed by atoms with Gasteiger partial charge in [0.2, 0.25) is 0 Å². The Labute approximate surface area is 166 Å². The third-order valence-corrected chi connectivity index (χ3v) is 4.75. The summed E-state index contributed by atoms with van der Waals surface area (Å²) in [4.78, 5) is 12.8. The number of hydrogen-bond donors (Lipinski definition) is 2. The predicted molar refractivity (Wildman–Crippen MR) is 107 cm³/mol. The Balaban J connectivity index is 1.81. The zero-order valence-electron chi connectivity index (χ0n) is 15.2. The lowest BCUT2D eigenvalue weighted by molar-refractivity contribution is 0.0940. The molecule has 27 heavy (non-hydrogen) atoms. The third-order valence-electron chi connectivity index (χ3n) is 4.25. The third kappa shape index (κ3) is 4.14. The molecule has 0 saturated heterocycles. The minimum Gasteiger partial charge on any atom is -0.493 e. The Hall–Kier alpha value is -2.80. The summed E-state index contributed by atoms with van der Waals surface area (Å²) in [5.41, 5.74) is 2.95. The first-order valence-electron chi connectivity index (χ1n) is 8.35. The molecule has 1 atom stereocenters. The van der Waals surface area contributed by atoms with Gasteiger partial charge in [-0.3, -0.25) is 9.89 Å². The van der Waals surface area contributed by atoms with Crippen molar-refractivity contribution in [2.75, 3.05) is 14.2 Å². The first-order chi connectivity index (χ1) is 13.0. The molecule has 0 aliphatic carbocycles. The van der Waals surface area contributed by atoms with Crippen LogP contribution >= 0.6 is 15.9 Å². The Morgan fingerprint density at radius 2 is 1.93 bits per heavy atom. The normalized spacial score (nSPS) is 11.7. The lowest BCUT2D eigenvalue weighted by atomic mass is 10.1. The molecule has 0 spiro atoms. The maximum atomic E-state index is 12.8. The molecule has 2 N–H and O–H groups in total. The van der Waals surface area contributed by atoms with Gasteiger partial charge in [0.25, 0.3) is 5.91 Å². The summed E-state index contributed by atoms with van der Waals surface area (Å²) in [6, 6.07) is 13.1. The van der Waals surface area contributed by atoms with Crippen LogP contribution in [-0.4, -0.2) is 30.3 Å². The van der Waals surface area contributed by atoms with Crippen molar-refractivity contribution in [3.63, 3.8) is 0 Å². The zero-order valence-corrected chi connectivity index (χ0v) is 16.8. The van der Waals surface area contributed by atoms with E-state index in [0.29, 0.717) is 22.8 Å². The fraction of sp³-hybridized carbons (Fsp3) is 0.200. The largest absolute Gasteiger partial charge is 0.493 e. The summed E-state index contributed by atoms with van der Waals surface area (Å²) in [6.45, 7) is 1.91. The molecule has 0 aliphatic rings. The first-order valence-corrected chi connectivity index (χ1v) is 9.15. The van der Waals surface area contributed by atoms with Crippen LogP contribution in [0.3, 0.4) is 0 Å². The average Bonchev–Trinajstić information content (AvgIpc) is 3.17. The molecule has 1 amide bonds. The van der Waals surface area contributed by atoms with Crippen LogP contribution in [0.2, 0.25) is 0 Å². The number of carbonyl (C=O) groups is 1. The second-order valence-electron chi connectivity index (χ2n) is 5.98. The van der Waals surface area contributed by atoms with Crippen molar-refractivity contribution in [3.8, 4) is 22.8 Å². The maximum Gasteiger partial charge on any atom is 0.255 e. The van der Waals surface area contributed by atoms with E-state index in [2.05, 4.69) is 31.4 Å². The number of aromatic nitrogens is 2. The van der Waals surface area contributed by atoms with Crippen LogP contribution in [0.4, 0.5) is 0 Å². The number of methoxy groups -OCH3 is 2. The number of nitrogens with zero attached hydrogens (tertiary/aromatic N) is 1. The van der Waals surface area contributed by atoms with Crippen LogP contribution in [0.25, 0.3) is 11.3 Å². The van der Waals surface area contributed by atoms with Gasteiger partial charge in [-0.2, -0.15) is 5.10 Å². The number of aromatic amines is 1. The fourth-order valence-electron chi connectivity index (χ4n) is 2.80. The van der Waals surface area contributed by atoms with Crippen molar-refractivity contribution in [3.05, 3.63) is 64.3 Å². The Kier molecular flexibility index (Phi) is 5.81. The molecule has 1 aromatic heterocycles. The lowest BCUT2D eigenvalue weighted by Gasteiger charge is -2.16. The highest BCUT2D eigenvalue weighted by Crippen LogP contribution is 2.30. The van der Waals surface area contributed by atoms with E-state index in [9.17, 15) is 4.79 Å². The maximum absolute atomic E-state index is 12.8. The first kappa shape index (κ1) is 19.0. The van der Waals surface area contributed by atoms with Crippen LogP contribution in [0.15, 0.2) is 53.1 Å². The second-order valence-corrected chi connectivity index (χ2v) is 6.89. The van der Waals surface area contributed by atoms with Crippen molar-refractivity contribution < 1.29 is 14.3 Å². The van der Waals surface area contributed by atoms with E-state index in [-0.39, 0.29) is 11.9 Å². The van der Waals surface area contributed by atoms with Gasteiger partial charge in [-0.1, -0.05) is 34.1 Å². The number of nitrogens with one attached hydrogen (secondary N) is 2. The molecule has 3 aromatic rings. The molecule has 0 saturated carbocycles. The topological polar surface area (TPSA) is 76.2 Å². The number of carbonyl (C=O) groups excluding carboxylic acids is 1. The van der Waals surface area contributed by atoms with E-state index in [0.717, 1.165) is 15.6 Å². The van der Waals surface area contributed by atoms with Crippen LogP contribution in [0.1, 0.15) is 28.9 Å². The minimum atomic E-state index is -0.220. The summed E-state index contributed by atoms with van der Waals surface area (Å²) >= 11 is 3.45. The van der Waals surface area contributed by atoms with Gasteiger partial charge >= 0.3 is 0 Å². The molecule has 0 aliphatic heterocycles. The smallest absolute Gasteiger partial charge is 0.255 e. The summed E-state index contributed by atoms with van der Waals surface area (Å²) in [5, 5.41) is 9.96. The van der Waals surface area contributed by atoms with E-state index in [1.807, 2.05) is 49.4 Å². The monoisotopic (exact) mass is 429 g/mol. The average molecular weight is 430 g/mol. The molecule has 3 rings (SSSR count). The molecular formula is C20H20BrN3O3. The van der Waals surface area contributed by atoms with E-state index in [1.54, 1.807) is 14.2 Å². The molecule has 0 unspecified atom stereocenters. The van der Waals surface area contributed by atoms with Crippen LogP contribution < -0.4 is 14.8 Å². The molecule has 0 bridgehead atoms. The van der Waals surface area contributed by atoms with Crippen LogP contribution in [-0.2, 0) is 0 Å². The highest BCUT2D eigenvalue weighted by Gasteiger charge is 2.19. The summed E-state index contributed by atoms with van der Waals surface area (Å²) in [5.74, 6) is 1.06. The Morgan fingerprint density at radius 3 is 2.63 bits per heavy atom. The van der Waals surface area contributed by atoms with E-state index >= 15 is 0 Å². The van der Waals surface area contributed by atoms with Gasteiger partial charge in [-0.15, -0.1) is 0 Å². The molecular weight excluding hydrogens is 410 g/mol. The van der Waals surface area contributed by atoms with Crippen molar-refractivity contribution in [1.82, 2.24) is 15.5 Å². The van der Waals surface area contributed by atoms with Gasteiger partial charge in [0.15, 0.2) is 11.5 Å². The predicted octanol–water partition coefficient (Wildman–Crippen LogP) is 4.35. The van der Waals surface area contributed by atoms with Gasteiger partial charge in [0.1, 0.15) is 0 Å². The number of rotatable bonds is 6. The van der Waals surface area contributed by atoms with Crippen molar-refractivity contribution in [2.24, 2.45) is 0 Å². The number of H-pyrrole nitrogens is 1. The second kappa shape index (κ2) is 8.26. The quantitative estimate of drug-likeness (QED) is 0.610. The number of hydrogen-bond acceptors (Lipinski definition) is 4. The summed E-state index contributed by atoms with van der Waals surface area (Å²) < 4.78 is 11.5. The van der Waals surface area contributed by atoms with Crippen molar-refractivity contribution in [2.45, 2.75) is 13.0 Å². The molecule has 0 fully saturated rings. The SMILES string of the molecule is COc1ccc([C@H](C)NC(=O)c2cn[nH]c2-c2cccc(Br)c2)cc1OC. The van der Waals surface area contributed by atoms with E-state index < -0.39 is 0 Å². The van der Waals surface area contributed by atoms with Crippen molar-refractivity contribution >= 4 is 21.8 Å².